The Kier molecular flexibility index (Phi) is 4.53. The Bertz CT molecular complexity index is 653. The number of nitrogens with one attached hydrogen (secondary N) is 2. The summed E-state index contributed by atoms with van der Waals surface area (Å²) in [5.74, 6) is 0.571. The number of sulfonamides is 1. The maximum absolute atomic E-state index is 12.2. The lowest BCUT2D eigenvalue weighted by Gasteiger charge is -2.12. The van der Waals surface area contributed by atoms with E-state index >= 15 is 0 Å². The second kappa shape index (κ2) is 6.17. The summed E-state index contributed by atoms with van der Waals surface area (Å²) >= 11 is 0. The van der Waals surface area contributed by atoms with Crippen LogP contribution in [0.4, 0.5) is 0 Å². The zero-order valence-corrected chi connectivity index (χ0v) is 12.1. The maximum atomic E-state index is 12.2. The first-order valence-electron chi connectivity index (χ1n) is 6.18. The van der Waals surface area contributed by atoms with E-state index in [0.717, 1.165) is 5.56 Å². The normalized spacial score (nSPS) is 13.3. The molecule has 0 aliphatic rings. The van der Waals surface area contributed by atoms with E-state index in [0.29, 0.717) is 12.3 Å². The molecular formula is C13H17N3O3S. The molecule has 2 N–H and O–H groups in total. The third-order valence-corrected chi connectivity index (χ3v) is 4.18. The van der Waals surface area contributed by atoms with Gasteiger partial charge in [0.15, 0.2) is 0 Å². The predicted octanol–water partition coefficient (Wildman–Crippen LogP) is 1.43. The lowest BCUT2D eigenvalue weighted by atomic mass is 10.2. The van der Waals surface area contributed by atoms with E-state index in [1.165, 1.54) is 6.07 Å². The molecule has 7 heteroatoms. The van der Waals surface area contributed by atoms with Crippen LogP contribution >= 0.6 is 0 Å². The molecule has 2 aromatic heterocycles. The molecule has 2 heterocycles. The van der Waals surface area contributed by atoms with E-state index < -0.39 is 10.0 Å². The molecule has 2 aromatic rings. The van der Waals surface area contributed by atoms with Crippen LogP contribution in [0.1, 0.15) is 24.3 Å². The van der Waals surface area contributed by atoms with Crippen molar-refractivity contribution in [2.24, 2.45) is 0 Å². The highest BCUT2D eigenvalue weighted by molar-refractivity contribution is 7.89. The third kappa shape index (κ3) is 3.44. The Hall–Kier alpha value is -1.70. The zero-order valence-electron chi connectivity index (χ0n) is 11.3. The highest BCUT2D eigenvalue weighted by Crippen LogP contribution is 2.18. The van der Waals surface area contributed by atoms with Crippen LogP contribution in [0.15, 0.2) is 46.2 Å². The van der Waals surface area contributed by atoms with Crippen molar-refractivity contribution in [3.05, 3.63) is 48.0 Å². The average molecular weight is 295 g/mol. The van der Waals surface area contributed by atoms with Gasteiger partial charge in [0.2, 0.25) is 5.09 Å². The molecule has 0 aliphatic heterocycles. The van der Waals surface area contributed by atoms with E-state index in [1.54, 1.807) is 38.5 Å². The number of furan rings is 1. The summed E-state index contributed by atoms with van der Waals surface area (Å²) in [4.78, 5) is 3.97. The van der Waals surface area contributed by atoms with Crippen LogP contribution in [0.5, 0.6) is 0 Å². The third-order valence-electron chi connectivity index (χ3n) is 2.77. The lowest BCUT2D eigenvalue weighted by Crippen LogP contribution is -2.26. The fourth-order valence-electron chi connectivity index (χ4n) is 1.76. The van der Waals surface area contributed by atoms with Crippen molar-refractivity contribution in [3.63, 3.8) is 0 Å². The molecule has 0 spiro atoms. The van der Waals surface area contributed by atoms with E-state index in [4.69, 9.17) is 4.42 Å². The van der Waals surface area contributed by atoms with Crippen LogP contribution in [0.2, 0.25) is 0 Å². The SMILES string of the molecule is CNCc1ccc(S(=O)(=O)NC(C)c2cccnc2)o1. The number of hydrogen-bond donors (Lipinski definition) is 2. The van der Waals surface area contributed by atoms with E-state index in [1.807, 2.05) is 6.07 Å². The van der Waals surface area contributed by atoms with Gasteiger partial charge in [0, 0.05) is 18.4 Å². The summed E-state index contributed by atoms with van der Waals surface area (Å²) in [5.41, 5.74) is 0.790. The van der Waals surface area contributed by atoms with E-state index in [9.17, 15) is 8.42 Å². The minimum absolute atomic E-state index is 0.0847. The number of nitrogens with zero attached hydrogens (tertiary/aromatic N) is 1. The summed E-state index contributed by atoms with van der Waals surface area (Å²) in [5, 5.41) is 2.81. The van der Waals surface area contributed by atoms with Crippen molar-refractivity contribution in [2.75, 3.05) is 7.05 Å². The summed E-state index contributed by atoms with van der Waals surface area (Å²) < 4.78 is 32.2. The first kappa shape index (κ1) is 14.7. The van der Waals surface area contributed by atoms with Crippen LogP contribution in [-0.4, -0.2) is 20.4 Å². The second-order valence-electron chi connectivity index (χ2n) is 4.38. The van der Waals surface area contributed by atoms with Crippen LogP contribution < -0.4 is 10.0 Å². The Morgan fingerprint density at radius 1 is 1.35 bits per heavy atom. The smallest absolute Gasteiger partial charge is 0.274 e. The van der Waals surface area contributed by atoms with Crippen molar-refractivity contribution in [1.82, 2.24) is 15.0 Å². The maximum Gasteiger partial charge on any atom is 0.274 e. The van der Waals surface area contributed by atoms with Crippen LogP contribution in [0.25, 0.3) is 0 Å². The fraction of sp³-hybridized carbons (Fsp3) is 0.308. The van der Waals surface area contributed by atoms with E-state index in [2.05, 4.69) is 15.0 Å². The number of hydrogen-bond acceptors (Lipinski definition) is 5. The van der Waals surface area contributed by atoms with Gasteiger partial charge < -0.3 is 9.73 Å². The van der Waals surface area contributed by atoms with Gasteiger partial charge in [0.25, 0.3) is 10.0 Å². The average Bonchev–Trinajstić information content (AvgIpc) is 2.89. The molecule has 108 valence electrons. The first-order chi connectivity index (χ1) is 9.53. The Morgan fingerprint density at radius 2 is 2.15 bits per heavy atom. The fourth-order valence-corrected chi connectivity index (χ4v) is 2.94. The Labute approximate surface area is 118 Å². The Morgan fingerprint density at radius 3 is 2.80 bits per heavy atom. The molecule has 20 heavy (non-hydrogen) atoms. The summed E-state index contributed by atoms with van der Waals surface area (Å²) in [6.45, 7) is 2.24. The van der Waals surface area contributed by atoms with Crippen molar-refractivity contribution < 1.29 is 12.8 Å². The molecule has 0 aliphatic carbocycles. The molecule has 1 unspecified atom stereocenters. The monoisotopic (exact) mass is 295 g/mol. The number of rotatable bonds is 6. The highest BCUT2D eigenvalue weighted by atomic mass is 32.2. The van der Waals surface area contributed by atoms with Gasteiger partial charge in [-0.15, -0.1) is 0 Å². The van der Waals surface area contributed by atoms with Crippen molar-refractivity contribution >= 4 is 10.0 Å². The van der Waals surface area contributed by atoms with Gasteiger partial charge in [-0.25, -0.2) is 13.1 Å². The van der Waals surface area contributed by atoms with E-state index in [-0.39, 0.29) is 11.1 Å². The van der Waals surface area contributed by atoms with Gasteiger partial charge in [-0.05, 0) is 37.7 Å². The predicted molar refractivity (Wildman–Crippen MR) is 74.4 cm³/mol. The van der Waals surface area contributed by atoms with Crippen LogP contribution in [0, 0.1) is 0 Å². The van der Waals surface area contributed by atoms with Gasteiger partial charge in [-0.1, -0.05) is 6.07 Å². The zero-order chi connectivity index (χ0) is 14.6. The van der Waals surface area contributed by atoms with Crippen molar-refractivity contribution in [2.45, 2.75) is 24.6 Å². The lowest BCUT2D eigenvalue weighted by molar-refractivity contribution is 0.403. The highest BCUT2D eigenvalue weighted by Gasteiger charge is 2.22. The molecule has 1 atom stereocenters. The molecule has 0 radical (unpaired) electrons. The second-order valence-corrected chi connectivity index (χ2v) is 6.03. The topological polar surface area (TPSA) is 84.2 Å². The number of aromatic nitrogens is 1. The molecule has 0 saturated heterocycles. The van der Waals surface area contributed by atoms with Gasteiger partial charge in [0.1, 0.15) is 5.76 Å². The van der Waals surface area contributed by atoms with Gasteiger partial charge >= 0.3 is 0 Å². The van der Waals surface area contributed by atoms with Crippen LogP contribution in [-0.2, 0) is 16.6 Å². The molecule has 0 saturated carbocycles. The summed E-state index contributed by atoms with van der Waals surface area (Å²) in [7, 11) is -1.91. The molecule has 6 nitrogen and oxygen atoms in total. The largest absolute Gasteiger partial charge is 0.447 e. The molecule has 0 amide bonds. The molecule has 0 fully saturated rings. The Balaban J connectivity index is 2.14. The van der Waals surface area contributed by atoms with Gasteiger partial charge in [0.05, 0.1) is 6.54 Å². The van der Waals surface area contributed by atoms with Gasteiger partial charge in [-0.2, -0.15) is 0 Å². The quantitative estimate of drug-likeness (QED) is 0.842. The number of pyridine rings is 1. The summed E-state index contributed by atoms with van der Waals surface area (Å²) in [6.07, 6.45) is 3.27. The first-order valence-corrected chi connectivity index (χ1v) is 7.67. The molecule has 2 rings (SSSR count). The van der Waals surface area contributed by atoms with Gasteiger partial charge in [-0.3, -0.25) is 4.98 Å². The summed E-state index contributed by atoms with van der Waals surface area (Å²) in [6, 6.07) is 6.28. The van der Waals surface area contributed by atoms with Crippen molar-refractivity contribution in [3.8, 4) is 0 Å². The molecule has 0 aromatic carbocycles. The van der Waals surface area contributed by atoms with Crippen molar-refractivity contribution in [1.29, 1.82) is 0 Å². The van der Waals surface area contributed by atoms with Crippen LogP contribution in [0.3, 0.4) is 0 Å². The molecular weight excluding hydrogens is 278 g/mol. The standard InChI is InChI=1S/C13H17N3O3S/c1-10(11-4-3-7-15-8-11)16-20(17,18)13-6-5-12(19-13)9-14-2/h3-8,10,14,16H,9H2,1-2H3. The minimum Gasteiger partial charge on any atom is -0.447 e. The minimum atomic E-state index is -3.68. The molecule has 0 bridgehead atoms.